The van der Waals surface area contributed by atoms with E-state index in [2.05, 4.69) is 0 Å². The van der Waals surface area contributed by atoms with Gasteiger partial charge in [0.2, 0.25) is 0 Å². The van der Waals surface area contributed by atoms with Crippen LogP contribution in [0.15, 0.2) is 12.1 Å². The number of alkyl halides is 3. The number of nitrogens with two attached hydrogens (primary N) is 1. The minimum Gasteiger partial charge on any atom is -0.398 e. The second-order valence-corrected chi connectivity index (χ2v) is 2.89. The average molecular weight is 200 g/mol. The van der Waals surface area contributed by atoms with E-state index in [-0.39, 0.29) is 0 Å². The Kier molecular flexibility index (Phi) is 2.39. The van der Waals surface area contributed by atoms with Gasteiger partial charge in [-0.2, -0.15) is 18.4 Å². The van der Waals surface area contributed by atoms with Crippen molar-refractivity contribution in [3.8, 4) is 6.07 Å². The van der Waals surface area contributed by atoms with Gasteiger partial charge in [-0.1, -0.05) is 0 Å². The molecular formula is C9H7F3N2. The summed E-state index contributed by atoms with van der Waals surface area (Å²) in [5.41, 5.74) is 3.85. The lowest BCUT2D eigenvalue weighted by Crippen LogP contribution is -2.11. The lowest BCUT2D eigenvalue weighted by Gasteiger charge is -2.12. The van der Waals surface area contributed by atoms with Crippen molar-refractivity contribution in [2.45, 2.75) is 13.1 Å². The largest absolute Gasteiger partial charge is 0.419 e. The molecular weight excluding hydrogens is 193 g/mol. The highest BCUT2D eigenvalue weighted by molar-refractivity contribution is 5.58. The first-order valence-corrected chi connectivity index (χ1v) is 3.73. The SMILES string of the molecule is Cc1cc(N)c(C(F)(F)F)c(C#N)c1. The predicted molar refractivity (Wildman–Crippen MR) is 45.3 cm³/mol. The van der Waals surface area contributed by atoms with Crippen molar-refractivity contribution < 1.29 is 13.2 Å². The normalized spacial score (nSPS) is 11.1. The van der Waals surface area contributed by atoms with Gasteiger partial charge in [-0.15, -0.1) is 0 Å². The minimum absolute atomic E-state index is 0.408. The lowest BCUT2D eigenvalue weighted by molar-refractivity contribution is -0.137. The molecule has 0 spiro atoms. The molecule has 0 aliphatic rings. The molecule has 0 aliphatic carbocycles. The molecule has 0 saturated heterocycles. The van der Waals surface area contributed by atoms with Gasteiger partial charge in [0.25, 0.3) is 0 Å². The summed E-state index contributed by atoms with van der Waals surface area (Å²) in [7, 11) is 0. The predicted octanol–water partition coefficient (Wildman–Crippen LogP) is 2.47. The van der Waals surface area contributed by atoms with Gasteiger partial charge in [0, 0.05) is 5.69 Å². The monoisotopic (exact) mass is 200 g/mol. The van der Waals surface area contributed by atoms with Crippen molar-refractivity contribution in [1.82, 2.24) is 0 Å². The molecule has 2 nitrogen and oxygen atoms in total. The molecule has 5 heteroatoms. The molecule has 0 bridgehead atoms. The van der Waals surface area contributed by atoms with Crippen molar-refractivity contribution in [3.63, 3.8) is 0 Å². The zero-order valence-corrected chi connectivity index (χ0v) is 7.31. The van der Waals surface area contributed by atoms with Gasteiger partial charge in [0.05, 0.1) is 17.2 Å². The van der Waals surface area contributed by atoms with Crippen LogP contribution in [0, 0.1) is 18.3 Å². The zero-order valence-electron chi connectivity index (χ0n) is 7.31. The Labute approximate surface area is 78.8 Å². The molecule has 74 valence electrons. The number of benzene rings is 1. The molecule has 0 saturated carbocycles. The van der Waals surface area contributed by atoms with E-state index in [1.165, 1.54) is 18.2 Å². The number of halogens is 3. The van der Waals surface area contributed by atoms with Crippen LogP contribution in [-0.2, 0) is 6.18 Å². The van der Waals surface area contributed by atoms with Crippen LogP contribution < -0.4 is 5.73 Å². The van der Waals surface area contributed by atoms with Crippen LogP contribution in [0.5, 0.6) is 0 Å². The standard InChI is InChI=1S/C9H7F3N2/c1-5-2-6(4-13)8(7(14)3-5)9(10,11)12/h2-3H,14H2,1H3. The van der Waals surface area contributed by atoms with E-state index in [0.29, 0.717) is 5.56 Å². The summed E-state index contributed by atoms with van der Waals surface area (Å²) >= 11 is 0. The first-order valence-electron chi connectivity index (χ1n) is 3.73. The summed E-state index contributed by atoms with van der Waals surface area (Å²) in [6, 6.07) is 3.85. The van der Waals surface area contributed by atoms with E-state index < -0.39 is 23.0 Å². The molecule has 0 aromatic heterocycles. The Morgan fingerprint density at radius 2 is 1.93 bits per heavy atom. The van der Waals surface area contributed by atoms with Crippen LogP contribution in [0.4, 0.5) is 18.9 Å². The van der Waals surface area contributed by atoms with E-state index in [0.717, 1.165) is 0 Å². The lowest BCUT2D eigenvalue weighted by atomic mass is 10.0. The Hall–Kier alpha value is -1.70. The second-order valence-electron chi connectivity index (χ2n) is 2.89. The number of rotatable bonds is 0. The van der Waals surface area contributed by atoms with Gasteiger partial charge in [-0.05, 0) is 24.6 Å². The third-order valence-corrected chi connectivity index (χ3v) is 1.72. The van der Waals surface area contributed by atoms with Gasteiger partial charge in [-0.3, -0.25) is 0 Å². The van der Waals surface area contributed by atoms with Crippen molar-refractivity contribution >= 4 is 5.69 Å². The minimum atomic E-state index is -4.58. The fraction of sp³-hybridized carbons (Fsp3) is 0.222. The number of nitriles is 1. The molecule has 1 aromatic carbocycles. The molecule has 0 atom stereocenters. The van der Waals surface area contributed by atoms with Gasteiger partial charge in [0.15, 0.2) is 0 Å². The van der Waals surface area contributed by atoms with E-state index in [1.54, 1.807) is 6.92 Å². The Balaban J connectivity index is 3.51. The van der Waals surface area contributed by atoms with E-state index in [1.807, 2.05) is 0 Å². The van der Waals surface area contributed by atoms with Crippen LogP contribution in [-0.4, -0.2) is 0 Å². The number of hydrogen-bond acceptors (Lipinski definition) is 2. The van der Waals surface area contributed by atoms with Crippen LogP contribution >= 0.6 is 0 Å². The summed E-state index contributed by atoms with van der Waals surface area (Å²) in [6.45, 7) is 1.58. The topological polar surface area (TPSA) is 49.8 Å². The maximum Gasteiger partial charge on any atom is 0.419 e. The van der Waals surface area contributed by atoms with Gasteiger partial charge in [-0.25, -0.2) is 0 Å². The highest BCUT2D eigenvalue weighted by Gasteiger charge is 2.36. The Morgan fingerprint density at radius 3 is 2.36 bits per heavy atom. The molecule has 0 heterocycles. The molecule has 2 N–H and O–H groups in total. The second kappa shape index (κ2) is 3.22. The van der Waals surface area contributed by atoms with E-state index >= 15 is 0 Å². The van der Waals surface area contributed by atoms with Crippen LogP contribution in [0.1, 0.15) is 16.7 Å². The zero-order chi connectivity index (χ0) is 10.9. The van der Waals surface area contributed by atoms with Crippen LogP contribution in [0.3, 0.4) is 0 Å². The first-order chi connectivity index (χ1) is 6.36. The fourth-order valence-corrected chi connectivity index (χ4v) is 1.22. The van der Waals surface area contributed by atoms with Crippen molar-refractivity contribution in [2.75, 3.05) is 5.73 Å². The molecule has 1 aromatic rings. The van der Waals surface area contributed by atoms with Crippen molar-refractivity contribution in [1.29, 1.82) is 5.26 Å². The molecule has 0 fully saturated rings. The maximum absolute atomic E-state index is 12.4. The Bertz CT molecular complexity index is 402. The Morgan fingerprint density at radius 1 is 1.36 bits per heavy atom. The quantitative estimate of drug-likeness (QED) is 0.654. The maximum atomic E-state index is 12.4. The van der Waals surface area contributed by atoms with Crippen LogP contribution in [0.25, 0.3) is 0 Å². The highest BCUT2D eigenvalue weighted by atomic mass is 19.4. The summed E-state index contributed by atoms with van der Waals surface area (Å²) in [4.78, 5) is 0. The van der Waals surface area contributed by atoms with E-state index in [4.69, 9.17) is 11.0 Å². The van der Waals surface area contributed by atoms with Crippen LogP contribution in [0.2, 0.25) is 0 Å². The first kappa shape index (κ1) is 10.4. The number of nitrogens with zero attached hydrogens (tertiary/aromatic N) is 1. The number of hydrogen-bond donors (Lipinski definition) is 1. The van der Waals surface area contributed by atoms with Gasteiger partial charge >= 0.3 is 6.18 Å². The third kappa shape index (κ3) is 1.79. The number of anilines is 1. The molecule has 0 unspecified atom stereocenters. The van der Waals surface area contributed by atoms with E-state index in [9.17, 15) is 13.2 Å². The molecule has 1 rings (SSSR count). The average Bonchev–Trinajstić information content (AvgIpc) is 1.99. The molecule has 0 aliphatic heterocycles. The highest BCUT2D eigenvalue weighted by Crippen LogP contribution is 2.36. The third-order valence-electron chi connectivity index (χ3n) is 1.72. The molecule has 0 radical (unpaired) electrons. The van der Waals surface area contributed by atoms with Gasteiger partial charge in [0.1, 0.15) is 0 Å². The molecule has 14 heavy (non-hydrogen) atoms. The van der Waals surface area contributed by atoms with Crippen molar-refractivity contribution in [2.24, 2.45) is 0 Å². The van der Waals surface area contributed by atoms with Crippen molar-refractivity contribution in [3.05, 3.63) is 28.8 Å². The van der Waals surface area contributed by atoms with Gasteiger partial charge < -0.3 is 5.73 Å². The molecule has 0 amide bonds. The summed E-state index contributed by atoms with van der Waals surface area (Å²) < 4.78 is 37.2. The fourth-order valence-electron chi connectivity index (χ4n) is 1.22. The summed E-state index contributed by atoms with van der Waals surface area (Å²) in [5, 5.41) is 8.53. The number of aryl methyl sites for hydroxylation is 1. The summed E-state index contributed by atoms with van der Waals surface area (Å²) in [5.74, 6) is 0. The summed E-state index contributed by atoms with van der Waals surface area (Å²) in [6.07, 6.45) is -4.58. The number of nitrogen functional groups attached to an aromatic ring is 1. The smallest absolute Gasteiger partial charge is 0.398 e.